The van der Waals surface area contributed by atoms with E-state index in [0.29, 0.717) is 30.4 Å². The third kappa shape index (κ3) is 4.10. The van der Waals surface area contributed by atoms with Gasteiger partial charge in [-0.3, -0.25) is 0 Å². The number of ether oxygens (including phenoxy) is 2. The van der Waals surface area contributed by atoms with E-state index in [0.717, 1.165) is 30.6 Å². The van der Waals surface area contributed by atoms with Gasteiger partial charge in [-0.15, -0.1) is 0 Å². The Hall–Kier alpha value is -2.90. The summed E-state index contributed by atoms with van der Waals surface area (Å²) >= 11 is 0. The average molecular weight is 371 g/mol. The van der Waals surface area contributed by atoms with Crippen molar-refractivity contribution in [2.24, 2.45) is 0 Å². The molecule has 8 nitrogen and oxygen atoms in total. The van der Waals surface area contributed by atoms with Crippen LogP contribution in [0.5, 0.6) is 5.75 Å². The van der Waals surface area contributed by atoms with Gasteiger partial charge in [-0.25, -0.2) is 4.79 Å². The van der Waals surface area contributed by atoms with Crippen LogP contribution in [0.1, 0.15) is 51.6 Å². The monoisotopic (exact) mass is 371 g/mol. The highest BCUT2D eigenvalue weighted by Gasteiger charge is 2.35. The number of hydrogen-bond acceptors (Lipinski definition) is 7. The maximum Gasteiger partial charge on any atom is 0.338 e. The first kappa shape index (κ1) is 18.9. The molecule has 27 heavy (non-hydrogen) atoms. The quantitative estimate of drug-likeness (QED) is 0.563. The second-order valence-electron chi connectivity index (χ2n) is 6.42. The molecular weight excluding hydrogens is 346 g/mol. The lowest BCUT2D eigenvalue weighted by Crippen LogP contribution is -2.29. The van der Waals surface area contributed by atoms with Gasteiger partial charge in [-0.1, -0.05) is 37.5 Å². The Morgan fingerprint density at radius 2 is 2.11 bits per heavy atom. The van der Waals surface area contributed by atoms with Crippen LogP contribution in [0.3, 0.4) is 0 Å². The fourth-order valence-corrected chi connectivity index (χ4v) is 2.97. The van der Waals surface area contributed by atoms with Crippen LogP contribution in [0.4, 0.5) is 5.95 Å². The van der Waals surface area contributed by atoms with E-state index in [9.17, 15) is 4.79 Å². The molecule has 1 aromatic heterocycles. The summed E-state index contributed by atoms with van der Waals surface area (Å²) in [5, 5.41) is 14.9. The number of hydrogen-bond donors (Lipinski definition) is 1. The van der Waals surface area contributed by atoms with Gasteiger partial charge in [0.2, 0.25) is 5.95 Å². The molecule has 1 aliphatic rings. The second-order valence-corrected chi connectivity index (χ2v) is 6.42. The van der Waals surface area contributed by atoms with Crippen molar-refractivity contribution >= 4 is 11.9 Å². The third-order valence-corrected chi connectivity index (χ3v) is 4.31. The van der Waals surface area contributed by atoms with Crippen LogP contribution < -0.4 is 10.1 Å². The predicted octanol–water partition coefficient (Wildman–Crippen LogP) is 3.09. The zero-order valence-electron chi connectivity index (χ0n) is 15.9. The molecule has 1 aromatic carbocycles. The number of benzene rings is 1. The average Bonchev–Trinajstić information content (AvgIpc) is 3.13. The number of anilines is 1. The highest BCUT2D eigenvalue weighted by molar-refractivity contribution is 5.92. The summed E-state index contributed by atoms with van der Waals surface area (Å²) < 4.78 is 12.8. The fraction of sp³-hybridized carbons (Fsp3) is 0.474. The van der Waals surface area contributed by atoms with Crippen LogP contribution in [-0.2, 0) is 9.53 Å². The van der Waals surface area contributed by atoms with Crippen LogP contribution in [0.25, 0.3) is 0 Å². The van der Waals surface area contributed by atoms with Crippen molar-refractivity contribution in [3.63, 3.8) is 0 Å². The van der Waals surface area contributed by atoms with Crippen LogP contribution >= 0.6 is 0 Å². The largest absolute Gasteiger partial charge is 0.494 e. The summed E-state index contributed by atoms with van der Waals surface area (Å²) in [5.41, 5.74) is 2.04. The van der Waals surface area contributed by atoms with Crippen molar-refractivity contribution < 1.29 is 14.3 Å². The molecule has 2 heterocycles. The van der Waals surface area contributed by atoms with E-state index in [1.165, 1.54) is 0 Å². The molecule has 1 unspecified atom stereocenters. The number of rotatable bonds is 8. The number of allylic oxidation sites excluding steroid dienone is 1. The number of carbonyl (C=O) groups is 1. The van der Waals surface area contributed by atoms with Crippen molar-refractivity contribution in [1.82, 2.24) is 20.2 Å². The molecule has 0 amide bonds. The minimum Gasteiger partial charge on any atom is -0.494 e. The Balaban J connectivity index is 1.97. The molecule has 144 valence electrons. The van der Waals surface area contributed by atoms with E-state index in [4.69, 9.17) is 9.47 Å². The number of carbonyl (C=O) groups excluding carboxylic acids is 1. The Labute approximate surface area is 158 Å². The zero-order chi connectivity index (χ0) is 19.2. The molecule has 0 bridgehead atoms. The molecule has 2 aromatic rings. The number of esters is 1. The standard InChI is InChI=1S/C19H25N5O3/c1-4-6-11-27-18(25)16-13(3)20-19-21-22-23-24(19)17(16)14-8-7-9-15(12-14)26-10-5-2/h7-9,12,17H,4-6,10-11H2,1-3H3,(H,20,21,23). The molecule has 8 heteroatoms. The normalized spacial score (nSPS) is 15.9. The van der Waals surface area contributed by atoms with E-state index >= 15 is 0 Å². The molecule has 1 N–H and O–H groups in total. The van der Waals surface area contributed by atoms with Crippen molar-refractivity contribution in [3.05, 3.63) is 41.1 Å². The minimum atomic E-state index is -0.476. The highest BCUT2D eigenvalue weighted by atomic mass is 16.5. The molecule has 0 fully saturated rings. The van der Waals surface area contributed by atoms with Crippen LogP contribution in [0.15, 0.2) is 35.5 Å². The molecular formula is C19H25N5O3. The summed E-state index contributed by atoms with van der Waals surface area (Å²) in [5.74, 6) is 0.876. The van der Waals surface area contributed by atoms with Crippen molar-refractivity contribution in [1.29, 1.82) is 0 Å². The van der Waals surface area contributed by atoms with Gasteiger partial charge in [0.15, 0.2) is 0 Å². The summed E-state index contributed by atoms with van der Waals surface area (Å²) in [6.07, 6.45) is 2.70. The van der Waals surface area contributed by atoms with Gasteiger partial charge in [0.1, 0.15) is 11.8 Å². The molecule has 0 spiro atoms. The van der Waals surface area contributed by atoms with Crippen molar-refractivity contribution in [2.75, 3.05) is 18.5 Å². The van der Waals surface area contributed by atoms with Gasteiger partial charge < -0.3 is 14.8 Å². The summed E-state index contributed by atoms with van der Waals surface area (Å²) in [6, 6.07) is 7.19. The topological polar surface area (TPSA) is 91.2 Å². The lowest BCUT2D eigenvalue weighted by atomic mass is 9.95. The first-order chi connectivity index (χ1) is 13.2. The molecule has 1 atom stereocenters. The first-order valence-electron chi connectivity index (χ1n) is 9.31. The third-order valence-electron chi connectivity index (χ3n) is 4.31. The highest BCUT2D eigenvalue weighted by Crippen LogP contribution is 2.36. The molecule has 3 rings (SSSR count). The Morgan fingerprint density at radius 1 is 1.26 bits per heavy atom. The van der Waals surface area contributed by atoms with Gasteiger partial charge in [0, 0.05) is 5.70 Å². The van der Waals surface area contributed by atoms with Crippen LogP contribution in [0.2, 0.25) is 0 Å². The van der Waals surface area contributed by atoms with Gasteiger partial charge >= 0.3 is 5.97 Å². The zero-order valence-corrected chi connectivity index (χ0v) is 15.9. The van der Waals surface area contributed by atoms with Gasteiger partial charge in [-0.2, -0.15) is 4.68 Å². The van der Waals surface area contributed by atoms with E-state index in [1.807, 2.05) is 31.2 Å². The van der Waals surface area contributed by atoms with E-state index in [1.54, 1.807) is 4.68 Å². The maximum atomic E-state index is 12.8. The number of fused-ring (bicyclic) bond motifs is 1. The van der Waals surface area contributed by atoms with E-state index in [-0.39, 0.29) is 5.97 Å². The molecule has 0 aliphatic carbocycles. The predicted molar refractivity (Wildman–Crippen MR) is 100 cm³/mol. The summed E-state index contributed by atoms with van der Waals surface area (Å²) in [4.78, 5) is 12.8. The Bertz CT molecular complexity index is 830. The van der Waals surface area contributed by atoms with Crippen LogP contribution in [-0.4, -0.2) is 39.4 Å². The van der Waals surface area contributed by atoms with Crippen molar-refractivity contribution in [3.8, 4) is 5.75 Å². The lowest BCUT2D eigenvalue weighted by Gasteiger charge is -2.27. The number of tetrazole rings is 1. The number of aromatic nitrogens is 4. The molecule has 0 saturated carbocycles. The van der Waals surface area contributed by atoms with Gasteiger partial charge in [-0.05, 0) is 47.9 Å². The first-order valence-corrected chi connectivity index (χ1v) is 9.31. The SMILES string of the molecule is CCCCOC(=O)C1=C(C)Nc2nnnn2C1c1cccc(OCCC)c1. The van der Waals surface area contributed by atoms with Gasteiger partial charge in [0.25, 0.3) is 0 Å². The summed E-state index contributed by atoms with van der Waals surface area (Å²) in [7, 11) is 0. The smallest absolute Gasteiger partial charge is 0.338 e. The minimum absolute atomic E-state index is 0.362. The molecule has 0 radical (unpaired) electrons. The fourth-order valence-electron chi connectivity index (χ4n) is 2.97. The second kappa shape index (κ2) is 8.66. The molecule has 1 aliphatic heterocycles. The number of nitrogens with zero attached hydrogens (tertiary/aromatic N) is 4. The van der Waals surface area contributed by atoms with Gasteiger partial charge in [0.05, 0.1) is 18.8 Å². The number of unbranched alkanes of at least 4 members (excludes halogenated alkanes) is 1. The Kier molecular flexibility index (Phi) is 6.05. The van der Waals surface area contributed by atoms with Crippen molar-refractivity contribution in [2.45, 2.75) is 46.1 Å². The number of nitrogens with one attached hydrogen (secondary N) is 1. The lowest BCUT2D eigenvalue weighted by molar-refractivity contribution is -0.139. The molecule has 0 saturated heterocycles. The maximum absolute atomic E-state index is 12.8. The van der Waals surface area contributed by atoms with Crippen LogP contribution in [0, 0.1) is 0 Å². The van der Waals surface area contributed by atoms with E-state index in [2.05, 4.69) is 34.7 Å². The Morgan fingerprint density at radius 3 is 2.89 bits per heavy atom. The summed E-state index contributed by atoms with van der Waals surface area (Å²) in [6.45, 7) is 6.96. The van der Waals surface area contributed by atoms with E-state index < -0.39 is 6.04 Å².